The number of likely N-dealkylation sites (N-methyl/N-ethyl adjacent to an activating group) is 1. The van der Waals surface area contributed by atoms with Crippen LogP contribution in [0, 0.1) is 11.6 Å². The Labute approximate surface area is 193 Å². The predicted molar refractivity (Wildman–Crippen MR) is 124 cm³/mol. The van der Waals surface area contributed by atoms with Crippen LogP contribution in [0.2, 0.25) is 5.02 Å². The highest BCUT2D eigenvalue weighted by atomic mass is 35.5. The minimum absolute atomic E-state index is 0. The normalized spacial score (nSPS) is 11.0. The fraction of sp³-hybridized carbons (Fsp3) is 0.167. The van der Waals surface area contributed by atoms with Crippen LogP contribution in [0.5, 0.6) is 0 Å². The van der Waals surface area contributed by atoms with Crippen molar-refractivity contribution in [3.05, 3.63) is 57.9 Å². The van der Waals surface area contributed by atoms with Gasteiger partial charge in [-0.25, -0.2) is 22.2 Å². The van der Waals surface area contributed by atoms with Crippen molar-refractivity contribution < 1.29 is 17.2 Å². The molecule has 0 aliphatic rings. The summed E-state index contributed by atoms with van der Waals surface area (Å²) >= 11 is 7.40. The fourth-order valence-corrected chi connectivity index (χ4v) is 4.44. The maximum absolute atomic E-state index is 14.7. The molecule has 0 spiro atoms. The second kappa shape index (κ2) is 10.9. The summed E-state index contributed by atoms with van der Waals surface area (Å²) in [5.41, 5.74) is 2.47. The Balaban J connectivity index is 0.00000341. The molecule has 2 aromatic carbocycles. The Hall–Kier alpha value is -2.18. The lowest BCUT2D eigenvalue weighted by atomic mass is 10.2. The number of nitrogens with zero attached hydrogens (tertiary/aromatic N) is 1. The monoisotopic (exact) mass is 509 g/mol. The van der Waals surface area contributed by atoms with Crippen LogP contribution in [0.1, 0.15) is 0 Å². The van der Waals surface area contributed by atoms with E-state index in [0.717, 1.165) is 12.1 Å². The number of anilines is 4. The van der Waals surface area contributed by atoms with E-state index in [-0.39, 0.29) is 28.9 Å². The van der Waals surface area contributed by atoms with Gasteiger partial charge in [0.1, 0.15) is 16.5 Å². The molecule has 4 N–H and O–H groups in total. The molecule has 0 atom stereocenters. The van der Waals surface area contributed by atoms with Gasteiger partial charge in [0.2, 0.25) is 0 Å². The third kappa shape index (κ3) is 6.40. The van der Waals surface area contributed by atoms with Crippen LogP contribution in [-0.2, 0) is 10.0 Å². The first-order valence-electron chi connectivity index (χ1n) is 8.65. The van der Waals surface area contributed by atoms with Gasteiger partial charge in [-0.15, -0.1) is 23.7 Å². The largest absolute Gasteiger partial charge is 0.382 e. The molecule has 31 heavy (non-hydrogen) atoms. The minimum atomic E-state index is -4.22. The first kappa shape index (κ1) is 25.1. The summed E-state index contributed by atoms with van der Waals surface area (Å²) in [4.78, 5) is 3.20. The number of hydrogen-bond acceptors (Lipinski definition) is 7. The molecule has 1 aromatic heterocycles. The van der Waals surface area contributed by atoms with Crippen molar-refractivity contribution in [2.45, 2.75) is 4.90 Å². The molecule has 1 heterocycles. The Morgan fingerprint density at radius 2 is 1.87 bits per heavy atom. The highest BCUT2D eigenvalue weighted by Gasteiger charge is 2.22. The smallest absolute Gasteiger partial charge is 0.266 e. The summed E-state index contributed by atoms with van der Waals surface area (Å²) in [5, 5.41) is 10.4. The van der Waals surface area contributed by atoms with Gasteiger partial charge >= 0.3 is 0 Å². The van der Waals surface area contributed by atoms with E-state index >= 15 is 0 Å². The van der Waals surface area contributed by atoms with E-state index in [0.29, 0.717) is 24.5 Å². The third-order valence-electron chi connectivity index (χ3n) is 3.92. The van der Waals surface area contributed by atoms with E-state index in [9.17, 15) is 17.2 Å². The highest BCUT2D eigenvalue weighted by Crippen LogP contribution is 2.33. The van der Waals surface area contributed by atoms with Gasteiger partial charge in [0.05, 0.1) is 27.6 Å². The van der Waals surface area contributed by atoms with Gasteiger partial charge in [-0.05, 0) is 31.3 Å². The van der Waals surface area contributed by atoms with Crippen LogP contribution in [0.3, 0.4) is 0 Å². The average molecular weight is 510 g/mol. The van der Waals surface area contributed by atoms with E-state index in [1.807, 2.05) is 0 Å². The zero-order valence-corrected chi connectivity index (χ0v) is 19.3. The molecule has 0 saturated carbocycles. The second-order valence-corrected chi connectivity index (χ2v) is 8.86. The summed E-state index contributed by atoms with van der Waals surface area (Å²) in [7, 11) is -2.43. The van der Waals surface area contributed by atoms with Crippen molar-refractivity contribution in [2.24, 2.45) is 0 Å². The molecule has 0 aliphatic heterocycles. The van der Waals surface area contributed by atoms with Crippen LogP contribution < -0.4 is 20.7 Å². The molecule has 0 saturated heterocycles. The molecular weight excluding hydrogens is 491 g/mol. The van der Waals surface area contributed by atoms with Gasteiger partial charge in [0.25, 0.3) is 10.0 Å². The zero-order valence-electron chi connectivity index (χ0n) is 16.1. The van der Waals surface area contributed by atoms with Gasteiger partial charge in [-0.1, -0.05) is 11.6 Å². The van der Waals surface area contributed by atoms with Crippen molar-refractivity contribution in [1.82, 2.24) is 10.3 Å². The summed E-state index contributed by atoms with van der Waals surface area (Å²) in [5.74, 6) is -1.36. The summed E-state index contributed by atoms with van der Waals surface area (Å²) < 4.78 is 55.4. The molecule has 0 unspecified atom stereocenters. The number of aromatic nitrogens is 1. The van der Waals surface area contributed by atoms with Gasteiger partial charge in [0, 0.05) is 24.5 Å². The number of hydrogen-bond donors (Lipinski definition) is 4. The quantitative estimate of drug-likeness (QED) is 0.313. The third-order valence-corrected chi connectivity index (χ3v) is 6.19. The molecular formula is C18H19Cl2F2N5O2S2. The molecule has 3 aromatic rings. The lowest BCUT2D eigenvalue weighted by Crippen LogP contribution is -2.18. The van der Waals surface area contributed by atoms with Crippen LogP contribution >= 0.6 is 35.3 Å². The number of thiazole rings is 1. The topological polar surface area (TPSA) is 95.1 Å². The molecule has 0 aliphatic carbocycles. The average Bonchev–Trinajstić information content (AvgIpc) is 3.18. The van der Waals surface area contributed by atoms with Gasteiger partial charge in [-0.2, -0.15) is 0 Å². The van der Waals surface area contributed by atoms with E-state index in [4.69, 9.17) is 11.6 Å². The molecule has 0 bridgehead atoms. The number of rotatable bonds is 9. The van der Waals surface area contributed by atoms with Gasteiger partial charge in [-0.3, -0.25) is 4.72 Å². The Morgan fingerprint density at radius 1 is 1.10 bits per heavy atom. The van der Waals surface area contributed by atoms with Crippen LogP contribution in [0.25, 0.3) is 0 Å². The standard InChI is InChI=1S/C18H18ClF2N5O2S2.ClH/c1-22-4-5-23-16-6-11(20)2-3-14(16)25-15-8-13(21)17(7-12(15)19)30(27,28)26-18-9-29-10-24-18;/h2-3,6-10,22-23,25-26H,4-5H2,1H3;1H. The zero-order chi connectivity index (χ0) is 21.7. The second-order valence-electron chi connectivity index (χ2n) is 6.09. The van der Waals surface area contributed by atoms with Crippen molar-refractivity contribution in [3.63, 3.8) is 0 Å². The summed E-state index contributed by atoms with van der Waals surface area (Å²) in [6.07, 6.45) is 0. The SMILES string of the molecule is CNCCNc1cc(F)ccc1Nc1cc(F)c(S(=O)(=O)Nc2cscn2)cc1Cl.Cl. The van der Waals surface area contributed by atoms with Crippen molar-refractivity contribution in [1.29, 1.82) is 0 Å². The highest BCUT2D eigenvalue weighted by molar-refractivity contribution is 7.92. The van der Waals surface area contributed by atoms with E-state index in [1.165, 1.54) is 40.4 Å². The summed E-state index contributed by atoms with van der Waals surface area (Å²) in [6, 6.07) is 5.98. The maximum Gasteiger partial charge on any atom is 0.266 e. The van der Waals surface area contributed by atoms with E-state index < -0.39 is 26.6 Å². The Bertz CT molecular complexity index is 1130. The van der Waals surface area contributed by atoms with Gasteiger partial charge in [0.15, 0.2) is 5.82 Å². The lowest BCUT2D eigenvalue weighted by molar-refractivity contribution is 0.570. The lowest BCUT2D eigenvalue weighted by Gasteiger charge is -2.16. The predicted octanol–water partition coefficient (Wildman–Crippen LogP) is 4.67. The molecule has 0 fully saturated rings. The Kier molecular flexibility index (Phi) is 8.83. The first-order chi connectivity index (χ1) is 14.3. The molecule has 3 rings (SSSR count). The van der Waals surface area contributed by atoms with E-state index in [2.05, 4.69) is 25.7 Å². The van der Waals surface area contributed by atoms with Crippen molar-refractivity contribution >= 4 is 68.2 Å². The molecule has 168 valence electrons. The van der Waals surface area contributed by atoms with Crippen molar-refractivity contribution in [3.8, 4) is 0 Å². The number of halogens is 4. The van der Waals surface area contributed by atoms with Crippen molar-refractivity contribution in [2.75, 3.05) is 35.5 Å². The molecule has 0 radical (unpaired) electrons. The van der Waals surface area contributed by atoms with Gasteiger partial charge < -0.3 is 16.0 Å². The first-order valence-corrected chi connectivity index (χ1v) is 11.5. The summed E-state index contributed by atoms with van der Waals surface area (Å²) in [6.45, 7) is 1.17. The number of sulfonamides is 1. The number of benzene rings is 2. The fourth-order valence-electron chi connectivity index (χ4n) is 2.52. The van der Waals surface area contributed by atoms with Crippen LogP contribution in [-0.4, -0.2) is 33.5 Å². The molecule has 13 heteroatoms. The minimum Gasteiger partial charge on any atom is -0.382 e. The molecule has 7 nitrogen and oxygen atoms in total. The Morgan fingerprint density at radius 3 is 2.55 bits per heavy atom. The van der Waals surface area contributed by atoms with Crippen LogP contribution in [0.4, 0.5) is 31.7 Å². The maximum atomic E-state index is 14.7. The van der Waals surface area contributed by atoms with Crippen LogP contribution in [0.15, 0.2) is 46.1 Å². The number of nitrogens with one attached hydrogen (secondary N) is 4. The molecule has 0 amide bonds. The van der Waals surface area contributed by atoms with E-state index in [1.54, 1.807) is 7.05 Å².